The van der Waals surface area contributed by atoms with E-state index in [-0.39, 0.29) is 11.6 Å². The van der Waals surface area contributed by atoms with Crippen LogP contribution in [0.3, 0.4) is 0 Å². The first-order valence-corrected chi connectivity index (χ1v) is 8.82. The Morgan fingerprint density at radius 3 is 2.65 bits per heavy atom. The number of nitrogens with zero attached hydrogens (tertiary/aromatic N) is 2. The SMILES string of the molecule is Fc1ccc(Nc2nc(NCc3cccs3)c3ccccc3n2)c(F)c1. The number of para-hydroxylation sites is 1. The average molecular weight is 368 g/mol. The van der Waals surface area contributed by atoms with Crippen molar-refractivity contribution in [3.63, 3.8) is 0 Å². The molecule has 0 unspecified atom stereocenters. The van der Waals surface area contributed by atoms with Gasteiger partial charge in [0.2, 0.25) is 5.95 Å². The van der Waals surface area contributed by atoms with Gasteiger partial charge in [0.25, 0.3) is 0 Å². The van der Waals surface area contributed by atoms with Crippen molar-refractivity contribution in [1.82, 2.24) is 9.97 Å². The molecule has 0 amide bonds. The molecule has 4 nitrogen and oxygen atoms in total. The van der Waals surface area contributed by atoms with Gasteiger partial charge in [0.1, 0.15) is 17.5 Å². The minimum atomic E-state index is -0.699. The van der Waals surface area contributed by atoms with Crippen LogP contribution in [0.15, 0.2) is 60.0 Å². The van der Waals surface area contributed by atoms with Crippen LogP contribution in [0, 0.1) is 11.6 Å². The van der Waals surface area contributed by atoms with Crippen molar-refractivity contribution >= 4 is 39.7 Å². The second kappa shape index (κ2) is 7.05. The quantitative estimate of drug-likeness (QED) is 0.500. The number of halogens is 2. The van der Waals surface area contributed by atoms with Crippen molar-refractivity contribution in [3.8, 4) is 0 Å². The first-order chi connectivity index (χ1) is 12.7. The summed E-state index contributed by atoms with van der Waals surface area (Å²) in [6.07, 6.45) is 0. The van der Waals surface area contributed by atoms with Crippen molar-refractivity contribution in [1.29, 1.82) is 0 Å². The minimum absolute atomic E-state index is 0.117. The summed E-state index contributed by atoms with van der Waals surface area (Å²) in [4.78, 5) is 10.1. The molecular formula is C19H14F2N4S. The standard InChI is InChI=1S/C19H14F2N4S/c20-12-7-8-17(15(21)10-12)24-19-23-16-6-2-1-5-14(16)18(25-19)22-11-13-4-3-9-26-13/h1-10H,11H2,(H2,22,23,24,25). The third-order valence-electron chi connectivity index (χ3n) is 3.79. The predicted molar refractivity (Wildman–Crippen MR) is 101 cm³/mol. The summed E-state index contributed by atoms with van der Waals surface area (Å²) < 4.78 is 27.0. The molecule has 130 valence electrons. The fourth-order valence-corrected chi connectivity index (χ4v) is 3.21. The van der Waals surface area contributed by atoms with Gasteiger partial charge in [0.15, 0.2) is 0 Å². The molecule has 2 heterocycles. The third-order valence-corrected chi connectivity index (χ3v) is 4.67. The molecule has 0 saturated heterocycles. The van der Waals surface area contributed by atoms with E-state index in [2.05, 4.69) is 20.6 Å². The highest BCUT2D eigenvalue weighted by Gasteiger charge is 2.10. The van der Waals surface area contributed by atoms with Gasteiger partial charge in [-0.25, -0.2) is 13.8 Å². The number of nitrogens with one attached hydrogen (secondary N) is 2. The maximum absolute atomic E-state index is 13.9. The van der Waals surface area contributed by atoms with Crippen molar-refractivity contribution in [2.45, 2.75) is 6.54 Å². The average Bonchev–Trinajstić information content (AvgIpc) is 3.16. The van der Waals surface area contributed by atoms with Crippen LogP contribution in [0.25, 0.3) is 10.9 Å². The van der Waals surface area contributed by atoms with Crippen LogP contribution in [0.2, 0.25) is 0 Å². The van der Waals surface area contributed by atoms with Crippen LogP contribution in [-0.2, 0) is 6.54 Å². The summed E-state index contributed by atoms with van der Waals surface area (Å²) in [5.74, 6) is -0.447. The lowest BCUT2D eigenvalue weighted by Crippen LogP contribution is -2.05. The topological polar surface area (TPSA) is 49.8 Å². The van der Waals surface area contributed by atoms with Crippen LogP contribution in [0.1, 0.15) is 4.88 Å². The Kier molecular flexibility index (Phi) is 4.45. The maximum atomic E-state index is 13.9. The Bertz CT molecular complexity index is 1050. The Labute approximate surface area is 152 Å². The molecule has 0 spiro atoms. The van der Waals surface area contributed by atoms with E-state index in [1.165, 1.54) is 17.0 Å². The van der Waals surface area contributed by atoms with E-state index in [0.29, 0.717) is 12.4 Å². The van der Waals surface area contributed by atoms with Gasteiger partial charge < -0.3 is 10.6 Å². The molecule has 2 aromatic heterocycles. The van der Waals surface area contributed by atoms with Gasteiger partial charge in [0, 0.05) is 16.3 Å². The highest BCUT2D eigenvalue weighted by Crippen LogP contribution is 2.25. The molecule has 0 saturated carbocycles. The molecule has 0 aliphatic heterocycles. The fraction of sp³-hybridized carbons (Fsp3) is 0.0526. The van der Waals surface area contributed by atoms with E-state index in [0.717, 1.165) is 17.0 Å². The van der Waals surface area contributed by atoms with Crippen LogP contribution in [0.5, 0.6) is 0 Å². The number of benzene rings is 2. The van der Waals surface area contributed by atoms with E-state index < -0.39 is 11.6 Å². The lowest BCUT2D eigenvalue weighted by atomic mass is 10.2. The molecule has 2 N–H and O–H groups in total. The van der Waals surface area contributed by atoms with Crippen molar-refractivity contribution in [3.05, 3.63) is 76.5 Å². The second-order valence-electron chi connectivity index (χ2n) is 5.60. The Balaban J connectivity index is 1.68. The van der Waals surface area contributed by atoms with Gasteiger partial charge in [-0.1, -0.05) is 18.2 Å². The molecule has 0 radical (unpaired) electrons. The highest BCUT2D eigenvalue weighted by molar-refractivity contribution is 7.09. The first-order valence-electron chi connectivity index (χ1n) is 7.94. The number of hydrogen-bond acceptors (Lipinski definition) is 5. The smallest absolute Gasteiger partial charge is 0.229 e. The summed E-state index contributed by atoms with van der Waals surface area (Å²) in [5.41, 5.74) is 0.840. The number of rotatable bonds is 5. The zero-order chi connectivity index (χ0) is 17.9. The summed E-state index contributed by atoms with van der Waals surface area (Å²) >= 11 is 1.65. The molecule has 7 heteroatoms. The molecule has 0 bridgehead atoms. The second-order valence-corrected chi connectivity index (χ2v) is 6.63. The fourth-order valence-electron chi connectivity index (χ4n) is 2.56. The van der Waals surface area contributed by atoms with E-state index in [1.54, 1.807) is 11.3 Å². The van der Waals surface area contributed by atoms with Crippen molar-refractivity contribution in [2.75, 3.05) is 10.6 Å². The Morgan fingerprint density at radius 1 is 0.962 bits per heavy atom. The normalized spacial score (nSPS) is 10.8. The van der Waals surface area contributed by atoms with E-state index in [9.17, 15) is 8.78 Å². The van der Waals surface area contributed by atoms with Gasteiger partial charge in [-0.15, -0.1) is 11.3 Å². The zero-order valence-electron chi connectivity index (χ0n) is 13.5. The molecule has 0 atom stereocenters. The van der Waals surface area contributed by atoms with E-state index in [1.807, 2.05) is 41.8 Å². The number of thiophene rings is 1. The number of fused-ring (bicyclic) bond motifs is 1. The Hall–Kier alpha value is -3.06. The van der Waals surface area contributed by atoms with Gasteiger partial charge in [-0.2, -0.15) is 4.98 Å². The van der Waals surface area contributed by atoms with E-state index >= 15 is 0 Å². The van der Waals surface area contributed by atoms with Gasteiger partial charge in [-0.3, -0.25) is 0 Å². The largest absolute Gasteiger partial charge is 0.364 e. The molecular weight excluding hydrogens is 354 g/mol. The molecule has 4 rings (SSSR count). The van der Waals surface area contributed by atoms with Gasteiger partial charge in [0.05, 0.1) is 17.7 Å². The molecule has 2 aromatic carbocycles. The minimum Gasteiger partial charge on any atom is -0.364 e. The number of anilines is 3. The van der Waals surface area contributed by atoms with Crippen LogP contribution in [-0.4, -0.2) is 9.97 Å². The van der Waals surface area contributed by atoms with Crippen molar-refractivity contribution < 1.29 is 8.78 Å². The number of aromatic nitrogens is 2. The Morgan fingerprint density at radius 2 is 1.85 bits per heavy atom. The van der Waals surface area contributed by atoms with Crippen LogP contribution < -0.4 is 10.6 Å². The monoisotopic (exact) mass is 368 g/mol. The van der Waals surface area contributed by atoms with Crippen LogP contribution in [0.4, 0.5) is 26.2 Å². The maximum Gasteiger partial charge on any atom is 0.229 e. The summed E-state index contributed by atoms with van der Waals surface area (Å²) in [5, 5.41) is 9.01. The molecule has 4 aromatic rings. The van der Waals surface area contributed by atoms with Crippen molar-refractivity contribution in [2.24, 2.45) is 0 Å². The van der Waals surface area contributed by atoms with Crippen LogP contribution >= 0.6 is 11.3 Å². The molecule has 26 heavy (non-hydrogen) atoms. The highest BCUT2D eigenvalue weighted by atomic mass is 32.1. The summed E-state index contributed by atoms with van der Waals surface area (Å²) in [7, 11) is 0. The lowest BCUT2D eigenvalue weighted by molar-refractivity contribution is 0.586. The molecule has 0 aliphatic rings. The summed E-state index contributed by atoms with van der Waals surface area (Å²) in [6, 6.07) is 14.9. The predicted octanol–water partition coefficient (Wildman–Crippen LogP) is 5.33. The van der Waals surface area contributed by atoms with Gasteiger partial charge in [-0.05, 0) is 35.7 Å². The number of hydrogen-bond donors (Lipinski definition) is 2. The van der Waals surface area contributed by atoms with Gasteiger partial charge >= 0.3 is 0 Å². The van der Waals surface area contributed by atoms with E-state index in [4.69, 9.17) is 0 Å². The molecule has 0 aliphatic carbocycles. The third kappa shape index (κ3) is 3.48. The zero-order valence-corrected chi connectivity index (χ0v) is 14.4. The molecule has 0 fully saturated rings. The first kappa shape index (κ1) is 16.4. The lowest BCUT2D eigenvalue weighted by Gasteiger charge is -2.12. The summed E-state index contributed by atoms with van der Waals surface area (Å²) in [6.45, 7) is 0.628.